The molecular weight excluding hydrogens is 372 g/mol. The molecule has 1 saturated heterocycles. The maximum Gasteiger partial charge on any atom is 0.280 e. The van der Waals surface area contributed by atoms with Gasteiger partial charge >= 0.3 is 0 Å². The van der Waals surface area contributed by atoms with E-state index in [1.165, 1.54) is 0 Å². The summed E-state index contributed by atoms with van der Waals surface area (Å²) in [6.07, 6.45) is 3.64. The van der Waals surface area contributed by atoms with Crippen molar-refractivity contribution in [1.82, 2.24) is 30.0 Å². The van der Waals surface area contributed by atoms with E-state index in [0.29, 0.717) is 29.5 Å². The number of aromatic nitrogens is 5. The highest BCUT2D eigenvalue weighted by Gasteiger charge is 2.27. The summed E-state index contributed by atoms with van der Waals surface area (Å²) >= 11 is 0. The average Bonchev–Trinajstić information content (AvgIpc) is 3.43. The molecule has 4 rings (SSSR count). The molecule has 9 nitrogen and oxygen atoms in total. The van der Waals surface area contributed by atoms with Gasteiger partial charge in [-0.1, -0.05) is 24.2 Å². The predicted octanol–water partition coefficient (Wildman–Crippen LogP) is 2.94. The van der Waals surface area contributed by atoms with Gasteiger partial charge in [0.2, 0.25) is 0 Å². The summed E-state index contributed by atoms with van der Waals surface area (Å²) in [6, 6.07) is 7.24. The summed E-state index contributed by atoms with van der Waals surface area (Å²) in [5.74, 6) is 1.93. The van der Waals surface area contributed by atoms with Crippen molar-refractivity contribution in [3.8, 4) is 17.3 Å². The molecule has 29 heavy (non-hydrogen) atoms. The topological polar surface area (TPSA) is 99.2 Å². The molecular formula is C20H24N6O3. The summed E-state index contributed by atoms with van der Waals surface area (Å²) < 4.78 is 12.3. The molecule has 1 amide bonds. The summed E-state index contributed by atoms with van der Waals surface area (Å²) in [4.78, 5) is 19.1. The third-order valence-corrected chi connectivity index (χ3v) is 5.08. The lowest BCUT2D eigenvalue weighted by Gasteiger charge is -2.32. The number of carbonyl (C=O) groups excluding carboxylic acids is 1. The summed E-state index contributed by atoms with van der Waals surface area (Å²) in [5.41, 5.74) is 1.20. The molecule has 1 fully saturated rings. The highest BCUT2D eigenvalue weighted by Crippen LogP contribution is 2.25. The molecule has 3 heterocycles. The van der Waals surface area contributed by atoms with Crippen LogP contribution in [0.2, 0.25) is 0 Å². The van der Waals surface area contributed by atoms with Crippen LogP contribution in [0.5, 0.6) is 5.75 Å². The van der Waals surface area contributed by atoms with Crippen molar-refractivity contribution in [2.75, 3.05) is 20.2 Å². The lowest BCUT2D eigenvalue weighted by Crippen LogP contribution is -2.40. The van der Waals surface area contributed by atoms with Gasteiger partial charge < -0.3 is 14.2 Å². The van der Waals surface area contributed by atoms with E-state index < -0.39 is 0 Å². The van der Waals surface area contributed by atoms with Gasteiger partial charge in [0.15, 0.2) is 11.5 Å². The highest BCUT2D eigenvalue weighted by molar-refractivity contribution is 5.94. The Bertz CT molecular complexity index is 978. The molecule has 0 N–H and O–H groups in total. The fraction of sp³-hybridized carbons (Fsp3) is 0.450. The van der Waals surface area contributed by atoms with E-state index >= 15 is 0 Å². The van der Waals surface area contributed by atoms with Crippen LogP contribution >= 0.6 is 0 Å². The van der Waals surface area contributed by atoms with Crippen LogP contribution in [0.25, 0.3) is 11.6 Å². The lowest BCUT2D eigenvalue weighted by molar-refractivity contribution is 0.0672. The number of amides is 1. The first-order valence-corrected chi connectivity index (χ1v) is 9.74. The number of hydrogen-bond donors (Lipinski definition) is 0. The monoisotopic (exact) mass is 396 g/mol. The van der Waals surface area contributed by atoms with Gasteiger partial charge in [0.05, 0.1) is 19.3 Å². The largest absolute Gasteiger partial charge is 0.497 e. The van der Waals surface area contributed by atoms with E-state index in [1.54, 1.807) is 36.1 Å². The molecule has 1 aliphatic rings. The Balaban J connectivity index is 1.46. The molecule has 152 valence electrons. The second-order valence-corrected chi connectivity index (χ2v) is 7.47. The third kappa shape index (κ3) is 3.98. The Labute approximate surface area is 168 Å². The molecule has 0 radical (unpaired) electrons. The van der Waals surface area contributed by atoms with Crippen molar-refractivity contribution in [3.05, 3.63) is 41.9 Å². The SMILES string of the molecule is COc1ccc(C(=O)N2CCCC(n3cc(-c4nc(C(C)C)no4)nn3)C2)cc1. The number of benzene rings is 1. The van der Waals surface area contributed by atoms with Crippen LogP contribution in [-0.4, -0.2) is 56.1 Å². The summed E-state index contributed by atoms with van der Waals surface area (Å²) in [5, 5.41) is 12.4. The van der Waals surface area contributed by atoms with Crippen molar-refractivity contribution in [3.63, 3.8) is 0 Å². The standard InChI is InChI=1S/C20H24N6O3/c1-13(2)18-21-19(29-23-18)17-12-26(24-22-17)15-5-4-10-25(11-15)20(27)14-6-8-16(28-3)9-7-14/h6-9,12-13,15H,4-5,10-11H2,1-3H3. The number of nitrogens with zero attached hydrogens (tertiary/aromatic N) is 6. The Morgan fingerprint density at radius 3 is 2.76 bits per heavy atom. The van der Waals surface area contributed by atoms with Gasteiger partial charge in [-0.25, -0.2) is 4.68 Å². The maximum absolute atomic E-state index is 12.9. The van der Waals surface area contributed by atoms with Crippen molar-refractivity contribution in [2.45, 2.75) is 38.6 Å². The van der Waals surface area contributed by atoms with Gasteiger partial charge in [0.25, 0.3) is 11.8 Å². The first kappa shape index (κ1) is 19.1. The van der Waals surface area contributed by atoms with Crippen LogP contribution in [0.3, 0.4) is 0 Å². The molecule has 1 unspecified atom stereocenters. The zero-order valence-electron chi connectivity index (χ0n) is 16.8. The van der Waals surface area contributed by atoms with Crippen molar-refractivity contribution in [2.24, 2.45) is 0 Å². The van der Waals surface area contributed by atoms with Crippen molar-refractivity contribution in [1.29, 1.82) is 0 Å². The number of methoxy groups -OCH3 is 1. The molecule has 0 saturated carbocycles. The summed E-state index contributed by atoms with van der Waals surface area (Å²) in [6.45, 7) is 5.31. The van der Waals surface area contributed by atoms with E-state index in [9.17, 15) is 4.79 Å². The average molecular weight is 396 g/mol. The van der Waals surface area contributed by atoms with E-state index in [0.717, 1.165) is 25.1 Å². The van der Waals surface area contributed by atoms with Gasteiger partial charge in [-0.05, 0) is 37.1 Å². The lowest BCUT2D eigenvalue weighted by atomic mass is 10.0. The first-order valence-electron chi connectivity index (χ1n) is 9.74. The van der Waals surface area contributed by atoms with Crippen LogP contribution in [-0.2, 0) is 0 Å². The van der Waals surface area contributed by atoms with Gasteiger partial charge in [-0.2, -0.15) is 4.98 Å². The zero-order chi connectivity index (χ0) is 20.4. The molecule has 0 aliphatic carbocycles. The minimum Gasteiger partial charge on any atom is -0.497 e. The fourth-order valence-electron chi connectivity index (χ4n) is 3.40. The van der Waals surface area contributed by atoms with Crippen molar-refractivity contribution >= 4 is 5.91 Å². The number of hydrogen-bond acceptors (Lipinski definition) is 7. The number of likely N-dealkylation sites (tertiary alicyclic amines) is 1. The number of rotatable bonds is 5. The van der Waals surface area contributed by atoms with Gasteiger partial charge in [-0.3, -0.25) is 4.79 Å². The van der Waals surface area contributed by atoms with E-state index in [2.05, 4.69) is 20.5 Å². The second-order valence-electron chi connectivity index (χ2n) is 7.47. The smallest absolute Gasteiger partial charge is 0.280 e. The maximum atomic E-state index is 12.9. The quantitative estimate of drug-likeness (QED) is 0.654. The Hall–Kier alpha value is -3.23. The van der Waals surface area contributed by atoms with E-state index in [4.69, 9.17) is 9.26 Å². The third-order valence-electron chi connectivity index (χ3n) is 5.08. The first-order chi connectivity index (χ1) is 14.0. The minimum atomic E-state index is 0.0103. The number of piperidine rings is 1. The second kappa shape index (κ2) is 8.02. The summed E-state index contributed by atoms with van der Waals surface area (Å²) in [7, 11) is 1.61. The van der Waals surface area contributed by atoms with Crippen LogP contribution < -0.4 is 4.74 Å². The predicted molar refractivity (Wildman–Crippen MR) is 105 cm³/mol. The molecule has 1 aromatic carbocycles. The molecule has 0 spiro atoms. The Kier molecular flexibility index (Phi) is 5.28. The van der Waals surface area contributed by atoms with Crippen molar-refractivity contribution < 1.29 is 14.1 Å². The minimum absolute atomic E-state index is 0.0103. The fourth-order valence-corrected chi connectivity index (χ4v) is 3.40. The van der Waals surface area contributed by atoms with Gasteiger partial charge in [0.1, 0.15) is 5.75 Å². The van der Waals surface area contributed by atoms with Gasteiger partial charge in [-0.15, -0.1) is 5.10 Å². The van der Waals surface area contributed by atoms with Gasteiger partial charge in [0, 0.05) is 24.6 Å². The molecule has 1 atom stereocenters. The Morgan fingerprint density at radius 2 is 2.07 bits per heavy atom. The number of carbonyl (C=O) groups is 1. The molecule has 1 aliphatic heterocycles. The van der Waals surface area contributed by atoms with Crippen LogP contribution in [0.1, 0.15) is 54.8 Å². The highest BCUT2D eigenvalue weighted by atomic mass is 16.5. The van der Waals surface area contributed by atoms with Crippen LogP contribution in [0, 0.1) is 0 Å². The Morgan fingerprint density at radius 1 is 1.28 bits per heavy atom. The number of ether oxygens (including phenoxy) is 1. The normalized spacial score (nSPS) is 17.0. The zero-order valence-corrected chi connectivity index (χ0v) is 16.8. The molecule has 2 aromatic heterocycles. The molecule has 3 aromatic rings. The van der Waals surface area contributed by atoms with E-state index in [-0.39, 0.29) is 17.9 Å². The van der Waals surface area contributed by atoms with E-state index in [1.807, 2.05) is 24.9 Å². The van der Waals surface area contributed by atoms with Crippen LogP contribution in [0.15, 0.2) is 35.0 Å². The molecule has 9 heteroatoms. The molecule has 0 bridgehead atoms. The van der Waals surface area contributed by atoms with Crippen LogP contribution in [0.4, 0.5) is 0 Å².